The highest BCUT2D eigenvalue weighted by molar-refractivity contribution is 7.15. The molecule has 2 amide bonds. The van der Waals surface area contributed by atoms with Gasteiger partial charge in [0.15, 0.2) is 22.5 Å². The van der Waals surface area contributed by atoms with E-state index < -0.39 is 12.0 Å². The Balaban J connectivity index is 1.36. The predicted molar refractivity (Wildman–Crippen MR) is 128 cm³/mol. The Labute approximate surface area is 200 Å². The van der Waals surface area contributed by atoms with Crippen LogP contribution >= 0.6 is 11.3 Å². The number of amides is 2. The maximum atomic E-state index is 13.0. The zero-order valence-corrected chi connectivity index (χ0v) is 19.8. The molecule has 10 heteroatoms. The second-order valence-corrected chi connectivity index (χ2v) is 9.54. The highest BCUT2D eigenvalue weighted by Crippen LogP contribution is 2.31. The summed E-state index contributed by atoms with van der Waals surface area (Å²) in [6, 6.07) is 4.98. The minimum Gasteiger partial charge on any atom is -0.476 e. The average molecular weight is 483 g/mol. The van der Waals surface area contributed by atoms with E-state index in [0.717, 1.165) is 36.1 Å². The van der Waals surface area contributed by atoms with Crippen molar-refractivity contribution < 1.29 is 23.9 Å². The van der Waals surface area contributed by atoms with Crippen molar-refractivity contribution in [3.8, 4) is 0 Å². The summed E-state index contributed by atoms with van der Waals surface area (Å²) in [5.74, 6) is -0.404. The third-order valence-corrected chi connectivity index (χ3v) is 6.79. The molecular formula is C24H26N4O5S. The summed E-state index contributed by atoms with van der Waals surface area (Å²) in [4.78, 5) is 45.8. The van der Waals surface area contributed by atoms with E-state index in [1.54, 1.807) is 19.2 Å². The molecule has 0 aliphatic heterocycles. The van der Waals surface area contributed by atoms with Crippen LogP contribution in [-0.4, -0.2) is 32.9 Å². The number of hydrogen-bond donors (Lipinski definition) is 3. The Hall–Kier alpha value is -3.53. The van der Waals surface area contributed by atoms with Crippen LogP contribution in [0.3, 0.4) is 0 Å². The quantitative estimate of drug-likeness (QED) is 0.373. The Kier molecular flexibility index (Phi) is 7.06. The Bertz CT molecular complexity index is 1230. The molecule has 4 rings (SSSR count). The third kappa shape index (κ3) is 5.51. The van der Waals surface area contributed by atoms with Crippen LogP contribution in [0.1, 0.15) is 68.6 Å². The fourth-order valence-electron chi connectivity index (χ4n) is 4.10. The summed E-state index contributed by atoms with van der Waals surface area (Å²) in [6.45, 7) is 3.49. The summed E-state index contributed by atoms with van der Waals surface area (Å²) in [6.07, 6.45) is 6.52. The first-order chi connectivity index (χ1) is 16.3. The predicted octanol–water partition coefficient (Wildman–Crippen LogP) is 5.25. The first-order valence-electron chi connectivity index (χ1n) is 11.2. The van der Waals surface area contributed by atoms with Gasteiger partial charge in [-0.3, -0.25) is 10.1 Å². The van der Waals surface area contributed by atoms with E-state index in [-0.39, 0.29) is 23.2 Å². The van der Waals surface area contributed by atoms with Crippen molar-refractivity contribution in [1.82, 2.24) is 9.97 Å². The first-order valence-corrected chi connectivity index (χ1v) is 12.0. The van der Waals surface area contributed by atoms with Crippen LogP contribution in [0.15, 0.2) is 28.8 Å². The molecule has 178 valence electrons. The van der Waals surface area contributed by atoms with E-state index in [9.17, 15) is 14.4 Å². The number of urea groups is 1. The molecule has 0 radical (unpaired) electrons. The lowest BCUT2D eigenvalue weighted by Gasteiger charge is -2.14. The van der Waals surface area contributed by atoms with Gasteiger partial charge in [0.2, 0.25) is 0 Å². The van der Waals surface area contributed by atoms with E-state index in [1.807, 2.05) is 19.1 Å². The van der Waals surface area contributed by atoms with Crippen molar-refractivity contribution in [1.29, 1.82) is 0 Å². The fraction of sp³-hybridized carbons (Fsp3) is 0.375. The summed E-state index contributed by atoms with van der Waals surface area (Å²) < 4.78 is 5.40. The van der Waals surface area contributed by atoms with Crippen molar-refractivity contribution in [2.24, 2.45) is 5.92 Å². The molecule has 0 saturated heterocycles. The molecule has 3 N–H and O–H groups in total. The van der Waals surface area contributed by atoms with E-state index in [1.165, 1.54) is 11.3 Å². The number of thiazole rings is 1. The molecule has 1 saturated carbocycles. The van der Waals surface area contributed by atoms with Gasteiger partial charge in [-0.25, -0.2) is 19.6 Å². The fourth-order valence-corrected chi connectivity index (χ4v) is 4.90. The number of carbonyl (C=O) groups excluding carboxylic acids is 2. The number of carboxylic acids is 1. The molecular weight excluding hydrogens is 456 g/mol. The van der Waals surface area contributed by atoms with Gasteiger partial charge in [-0.1, -0.05) is 24.5 Å². The Morgan fingerprint density at radius 1 is 1.15 bits per heavy atom. The molecule has 1 aliphatic carbocycles. The third-order valence-electron chi connectivity index (χ3n) is 5.82. The lowest BCUT2D eigenvalue weighted by molar-refractivity contribution is 0.0689. The van der Waals surface area contributed by atoms with E-state index in [2.05, 4.69) is 20.6 Å². The monoisotopic (exact) mass is 482 g/mol. The molecule has 0 bridgehead atoms. The molecule has 2 heterocycles. The zero-order valence-electron chi connectivity index (χ0n) is 19.0. The number of nitrogens with zero attached hydrogens (tertiary/aromatic N) is 2. The maximum Gasteiger partial charge on any atom is 0.358 e. The molecule has 0 spiro atoms. The van der Waals surface area contributed by atoms with Gasteiger partial charge in [0.1, 0.15) is 5.76 Å². The van der Waals surface area contributed by atoms with Gasteiger partial charge in [0, 0.05) is 29.0 Å². The van der Waals surface area contributed by atoms with Gasteiger partial charge in [-0.15, -0.1) is 11.3 Å². The van der Waals surface area contributed by atoms with Crippen LogP contribution in [0.2, 0.25) is 0 Å². The number of nitrogens with one attached hydrogen (secondary N) is 2. The van der Waals surface area contributed by atoms with Crippen LogP contribution in [-0.2, 0) is 12.8 Å². The standard InChI is InChI=1S/C24H26N4O5S/c1-13-7-9-18(17(11-13)21(29)15-5-3-4-6-15)26-23(32)28-24-25-12-16(34-24)8-10-19-27-20(22(30)31)14(2)33-19/h7,9,11-12,15H,3-6,8,10H2,1-2H3,(H,30,31)(H2,25,26,28,32). The van der Waals surface area contributed by atoms with Crippen LogP contribution < -0.4 is 10.6 Å². The molecule has 1 fully saturated rings. The summed E-state index contributed by atoms with van der Waals surface area (Å²) in [5, 5.41) is 15.0. The van der Waals surface area contributed by atoms with Crippen LogP contribution in [0.5, 0.6) is 0 Å². The van der Waals surface area contributed by atoms with Crippen molar-refractivity contribution in [3.05, 3.63) is 57.7 Å². The molecule has 0 unspecified atom stereocenters. The molecule has 1 aromatic carbocycles. The number of carboxylic acid groups (broad SMARTS) is 1. The Morgan fingerprint density at radius 2 is 1.91 bits per heavy atom. The van der Waals surface area contributed by atoms with Gasteiger partial charge < -0.3 is 14.8 Å². The number of aryl methyl sites for hydroxylation is 4. The maximum absolute atomic E-state index is 13.0. The molecule has 3 aromatic rings. The normalized spacial score (nSPS) is 13.7. The van der Waals surface area contributed by atoms with Gasteiger partial charge in [0.05, 0.1) is 5.69 Å². The smallest absolute Gasteiger partial charge is 0.358 e. The van der Waals surface area contributed by atoms with Crippen LogP contribution in [0.4, 0.5) is 15.6 Å². The minimum atomic E-state index is -1.12. The number of benzene rings is 1. The molecule has 9 nitrogen and oxygen atoms in total. The second kappa shape index (κ2) is 10.2. The highest BCUT2D eigenvalue weighted by Gasteiger charge is 2.26. The molecule has 0 atom stereocenters. The van der Waals surface area contributed by atoms with Gasteiger partial charge in [0.25, 0.3) is 0 Å². The summed E-state index contributed by atoms with van der Waals surface area (Å²) in [7, 11) is 0. The number of aromatic nitrogens is 2. The summed E-state index contributed by atoms with van der Waals surface area (Å²) >= 11 is 1.31. The summed E-state index contributed by atoms with van der Waals surface area (Å²) in [5.41, 5.74) is 1.92. The second-order valence-electron chi connectivity index (χ2n) is 8.42. The molecule has 2 aromatic heterocycles. The van der Waals surface area contributed by atoms with Crippen LogP contribution in [0.25, 0.3) is 0 Å². The minimum absolute atomic E-state index is 0.0194. The number of anilines is 2. The lowest BCUT2D eigenvalue weighted by Crippen LogP contribution is -2.22. The van der Waals surface area contributed by atoms with Crippen molar-refractivity contribution in [3.63, 3.8) is 0 Å². The number of Topliss-reactive ketones (excluding diaryl/α,β-unsaturated/α-hetero) is 1. The van der Waals surface area contributed by atoms with E-state index in [0.29, 0.717) is 35.1 Å². The van der Waals surface area contributed by atoms with Crippen molar-refractivity contribution in [2.75, 3.05) is 10.6 Å². The number of rotatable bonds is 8. The molecule has 34 heavy (non-hydrogen) atoms. The first kappa shape index (κ1) is 23.6. The number of carbonyl (C=O) groups is 3. The topological polar surface area (TPSA) is 134 Å². The number of oxazole rings is 1. The molecule has 1 aliphatic rings. The van der Waals surface area contributed by atoms with Gasteiger partial charge >= 0.3 is 12.0 Å². The average Bonchev–Trinajstić information content (AvgIpc) is 3.54. The zero-order chi connectivity index (χ0) is 24.2. The van der Waals surface area contributed by atoms with Gasteiger partial charge in [-0.05, 0) is 45.2 Å². The Morgan fingerprint density at radius 3 is 2.62 bits per heavy atom. The van der Waals surface area contributed by atoms with Gasteiger partial charge in [-0.2, -0.15) is 0 Å². The number of hydrogen-bond acceptors (Lipinski definition) is 7. The SMILES string of the molecule is Cc1ccc(NC(=O)Nc2ncc(CCc3nc(C(=O)O)c(C)o3)s2)c(C(=O)C2CCCC2)c1. The number of ketones is 1. The number of aromatic carboxylic acids is 1. The highest BCUT2D eigenvalue weighted by atomic mass is 32.1. The lowest BCUT2D eigenvalue weighted by atomic mass is 9.94. The van der Waals surface area contributed by atoms with E-state index in [4.69, 9.17) is 9.52 Å². The van der Waals surface area contributed by atoms with Crippen molar-refractivity contribution >= 4 is 39.9 Å². The van der Waals surface area contributed by atoms with Crippen molar-refractivity contribution in [2.45, 2.75) is 52.4 Å². The largest absolute Gasteiger partial charge is 0.476 e. The van der Waals surface area contributed by atoms with E-state index >= 15 is 0 Å². The van der Waals surface area contributed by atoms with Crippen LogP contribution in [0, 0.1) is 19.8 Å².